The fraction of sp³-hybridized carbons (Fsp3) is 0.500. The van der Waals surface area contributed by atoms with E-state index in [1.54, 1.807) is 6.07 Å². The van der Waals surface area contributed by atoms with E-state index >= 15 is 0 Å². The van der Waals surface area contributed by atoms with Gasteiger partial charge in [-0.05, 0) is 18.9 Å². The van der Waals surface area contributed by atoms with Gasteiger partial charge < -0.3 is 10.4 Å². The van der Waals surface area contributed by atoms with E-state index in [9.17, 15) is 4.79 Å². The van der Waals surface area contributed by atoms with E-state index in [1.165, 1.54) is 0 Å². The SMILES string of the molecule is CC(CO)C(C)NC(=O)c1cc(Cl)sc1Cl. The number of carbonyl (C=O) groups is 1. The number of hydrogen-bond donors (Lipinski definition) is 2. The van der Waals surface area contributed by atoms with Gasteiger partial charge in [0, 0.05) is 12.6 Å². The van der Waals surface area contributed by atoms with E-state index in [0.29, 0.717) is 14.2 Å². The van der Waals surface area contributed by atoms with Crippen molar-refractivity contribution in [2.75, 3.05) is 6.61 Å². The maximum Gasteiger partial charge on any atom is 0.253 e. The Morgan fingerprint density at radius 2 is 2.19 bits per heavy atom. The zero-order valence-electron chi connectivity index (χ0n) is 8.96. The number of hydrogen-bond acceptors (Lipinski definition) is 3. The van der Waals surface area contributed by atoms with Crippen LogP contribution >= 0.6 is 34.5 Å². The zero-order chi connectivity index (χ0) is 12.3. The molecule has 0 bridgehead atoms. The maximum atomic E-state index is 11.8. The van der Waals surface area contributed by atoms with Crippen LogP contribution in [0.2, 0.25) is 8.67 Å². The van der Waals surface area contributed by atoms with Crippen molar-refractivity contribution in [3.05, 3.63) is 20.3 Å². The van der Waals surface area contributed by atoms with E-state index in [4.69, 9.17) is 28.3 Å². The van der Waals surface area contributed by atoms with Crippen molar-refractivity contribution < 1.29 is 9.90 Å². The molecule has 0 spiro atoms. The molecule has 6 heteroatoms. The quantitative estimate of drug-likeness (QED) is 0.892. The smallest absolute Gasteiger partial charge is 0.253 e. The molecule has 1 aromatic rings. The zero-order valence-corrected chi connectivity index (χ0v) is 11.3. The van der Waals surface area contributed by atoms with Crippen LogP contribution in [-0.4, -0.2) is 23.7 Å². The van der Waals surface area contributed by atoms with Crippen LogP contribution in [0.1, 0.15) is 24.2 Å². The third kappa shape index (κ3) is 3.35. The van der Waals surface area contributed by atoms with Gasteiger partial charge in [0.15, 0.2) is 0 Å². The molecule has 1 heterocycles. The first-order chi connectivity index (χ1) is 7.45. The van der Waals surface area contributed by atoms with Crippen LogP contribution < -0.4 is 5.32 Å². The summed E-state index contributed by atoms with van der Waals surface area (Å²) in [5, 5.41) is 11.7. The lowest BCUT2D eigenvalue weighted by molar-refractivity contribution is 0.0917. The fourth-order valence-corrected chi connectivity index (χ4v) is 2.54. The van der Waals surface area contributed by atoms with E-state index in [-0.39, 0.29) is 24.5 Å². The number of aliphatic hydroxyl groups is 1. The van der Waals surface area contributed by atoms with Crippen LogP contribution in [0.4, 0.5) is 0 Å². The average Bonchev–Trinajstić information content (AvgIpc) is 2.56. The summed E-state index contributed by atoms with van der Waals surface area (Å²) >= 11 is 12.8. The predicted molar refractivity (Wildman–Crippen MR) is 67.5 cm³/mol. The average molecular weight is 282 g/mol. The Hall–Kier alpha value is -0.290. The molecule has 90 valence electrons. The summed E-state index contributed by atoms with van der Waals surface area (Å²) in [4.78, 5) is 11.8. The van der Waals surface area contributed by atoms with Crippen molar-refractivity contribution in [3.8, 4) is 0 Å². The standard InChI is InChI=1S/C10H13Cl2NO2S/c1-5(4-14)6(2)13-10(15)7-3-8(11)16-9(7)12/h3,5-6,14H,4H2,1-2H3,(H,13,15). The Balaban J connectivity index is 2.69. The molecule has 1 aromatic heterocycles. The number of thiophene rings is 1. The minimum Gasteiger partial charge on any atom is -0.396 e. The maximum absolute atomic E-state index is 11.8. The van der Waals surface area contributed by atoms with Crippen molar-refractivity contribution in [1.82, 2.24) is 5.32 Å². The molecule has 0 fully saturated rings. The lowest BCUT2D eigenvalue weighted by Gasteiger charge is -2.18. The van der Waals surface area contributed by atoms with Crippen LogP contribution in [0.5, 0.6) is 0 Å². The first-order valence-corrected chi connectivity index (χ1v) is 6.39. The molecule has 16 heavy (non-hydrogen) atoms. The molecule has 0 saturated heterocycles. The normalized spacial score (nSPS) is 14.6. The second-order valence-electron chi connectivity index (χ2n) is 3.66. The lowest BCUT2D eigenvalue weighted by atomic mass is 10.1. The van der Waals surface area contributed by atoms with Crippen molar-refractivity contribution in [1.29, 1.82) is 0 Å². The van der Waals surface area contributed by atoms with Crippen LogP contribution in [-0.2, 0) is 0 Å². The molecule has 0 saturated carbocycles. The predicted octanol–water partition coefficient (Wildman–Crippen LogP) is 2.80. The van der Waals surface area contributed by atoms with Gasteiger partial charge in [-0.15, -0.1) is 11.3 Å². The van der Waals surface area contributed by atoms with Crippen LogP contribution in [0.3, 0.4) is 0 Å². The summed E-state index contributed by atoms with van der Waals surface area (Å²) in [6.45, 7) is 3.72. The Morgan fingerprint density at radius 3 is 2.62 bits per heavy atom. The first kappa shape index (κ1) is 13.8. The molecule has 0 aromatic carbocycles. The van der Waals surface area contributed by atoms with Gasteiger partial charge >= 0.3 is 0 Å². The second-order valence-corrected chi connectivity index (χ2v) is 5.95. The van der Waals surface area contributed by atoms with Gasteiger partial charge in [0.25, 0.3) is 5.91 Å². The molecule has 3 nitrogen and oxygen atoms in total. The monoisotopic (exact) mass is 281 g/mol. The second kappa shape index (κ2) is 5.87. The van der Waals surface area contributed by atoms with E-state index in [1.807, 2.05) is 13.8 Å². The fourth-order valence-electron chi connectivity index (χ4n) is 1.08. The number of nitrogens with one attached hydrogen (secondary N) is 1. The van der Waals surface area contributed by atoms with Gasteiger partial charge in [0.1, 0.15) is 4.34 Å². The highest BCUT2D eigenvalue weighted by Crippen LogP contribution is 2.31. The molecule has 2 unspecified atom stereocenters. The molecule has 0 aliphatic heterocycles. The molecule has 0 radical (unpaired) electrons. The molecule has 1 rings (SSSR count). The number of carbonyl (C=O) groups excluding carboxylic acids is 1. The van der Waals surface area contributed by atoms with Gasteiger partial charge in [-0.2, -0.15) is 0 Å². The Morgan fingerprint density at radius 1 is 1.56 bits per heavy atom. The summed E-state index contributed by atoms with van der Waals surface area (Å²) in [7, 11) is 0. The molecular formula is C10H13Cl2NO2S. The number of aliphatic hydroxyl groups excluding tert-OH is 1. The number of amides is 1. The van der Waals surface area contributed by atoms with E-state index in [2.05, 4.69) is 5.32 Å². The van der Waals surface area contributed by atoms with Gasteiger partial charge in [0.2, 0.25) is 0 Å². The first-order valence-electron chi connectivity index (χ1n) is 4.82. The summed E-state index contributed by atoms with van der Waals surface area (Å²) < 4.78 is 0.865. The highest BCUT2D eigenvalue weighted by Gasteiger charge is 2.18. The van der Waals surface area contributed by atoms with Crippen molar-refractivity contribution in [3.63, 3.8) is 0 Å². The Labute approximate surface area is 108 Å². The number of halogens is 2. The lowest BCUT2D eigenvalue weighted by Crippen LogP contribution is -2.38. The summed E-state index contributed by atoms with van der Waals surface area (Å²) in [5.41, 5.74) is 0.383. The molecule has 1 amide bonds. The summed E-state index contributed by atoms with van der Waals surface area (Å²) in [6, 6.07) is 1.42. The summed E-state index contributed by atoms with van der Waals surface area (Å²) in [5.74, 6) is -0.266. The van der Waals surface area contributed by atoms with Crippen LogP contribution in [0.15, 0.2) is 6.07 Å². The minimum absolute atomic E-state index is 0.00293. The highest BCUT2D eigenvalue weighted by atomic mass is 35.5. The molecule has 2 atom stereocenters. The topological polar surface area (TPSA) is 49.3 Å². The van der Waals surface area contributed by atoms with Gasteiger partial charge in [-0.1, -0.05) is 30.1 Å². The third-order valence-electron chi connectivity index (χ3n) is 2.40. The summed E-state index contributed by atoms with van der Waals surface area (Å²) in [6.07, 6.45) is 0. The molecule has 2 N–H and O–H groups in total. The Kier molecular flexibility index (Phi) is 5.05. The third-order valence-corrected chi connectivity index (χ3v) is 3.89. The molecular weight excluding hydrogens is 269 g/mol. The molecule has 0 aliphatic rings. The van der Waals surface area contributed by atoms with Crippen LogP contribution in [0, 0.1) is 5.92 Å². The van der Waals surface area contributed by atoms with Gasteiger partial charge in [-0.25, -0.2) is 0 Å². The Bertz CT molecular complexity index is 381. The van der Waals surface area contributed by atoms with Gasteiger partial charge in [-0.3, -0.25) is 4.79 Å². The van der Waals surface area contributed by atoms with Gasteiger partial charge in [0.05, 0.1) is 9.90 Å². The number of rotatable bonds is 4. The minimum atomic E-state index is -0.263. The van der Waals surface area contributed by atoms with E-state index < -0.39 is 0 Å². The van der Waals surface area contributed by atoms with Crippen molar-refractivity contribution in [2.45, 2.75) is 19.9 Å². The van der Waals surface area contributed by atoms with Crippen molar-refractivity contribution in [2.24, 2.45) is 5.92 Å². The van der Waals surface area contributed by atoms with E-state index in [0.717, 1.165) is 11.3 Å². The largest absolute Gasteiger partial charge is 0.396 e. The highest BCUT2D eigenvalue weighted by molar-refractivity contribution is 7.20. The molecule has 0 aliphatic carbocycles. The van der Waals surface area contributed by atoms with Crippen molar-refractivity contribution >= 4 is 40.4 Å². The van der Waals surface area contributed by atoms with Crippen LogP contribution in [0.25, 0.3) is 0 Å².